The number of nitriles is 1. The molecule has 0 saturated carbocycles. The molecule has 7 heteroatoms. The first-order valence-electron chi connectivity index (χ1n) is 7.51. The number of benzene rings is 2. The minimum Gasteiger partial charge on any atom is -0.492 e. The quantitative estimate of drug-likeness (QED) is 0.890. The summed E-state index contributed by atoms with van der Waals surface area (Å²) < 4.78 is 28.5. The number of primary sulfonamides is 1. The average Bonchev–Trinajstić information content (AvgIpc) is 2.97. The number of ether oxygens (including phenoxy) is 1. The van der Waals surface area contributed by atoms with E-state index in [0.29, 0.717) is 24.5 Å². The van der Waals surface area contributed by atoms with E-state index < -0.39 is 10.0 Å². The zero-order chi connectivity index (χ0) is 17.2. The van der Waals surface area contributed by atoms with Crippen LogP contribution in [0.1, 0.15) is 11.1 Å². The number of sulfonamides is 1. The van der Waals surface area contributed by atoms with Crippen molar-refractivity contribution in [2.75, 3.05) is 24.6 Å². The highest BCUT2D eigenvalue weighted by Gasteiger charge is 2.21. The van der Waals surface area contributed by atoms with Gasteiger partial charge in [-0.3, -0.25) is 0 Å². The SMILES string of the molecule is N#Cc1cccc(OCCN2CCc3cc(S(N)(=O)=O)ccc32)c1. The Morgan fingerprint density at radius 1 is 1.25 bits per heavy atom. The van der Waals surface area contributed by atoms with E-state index in [9.17, 15) is 8.42 Å². The molecule has 0 unspecified atom stereocenters. The molecule has 0 radical (unpaired) electrons. The summed E-state index contributed by atoms with van der Waals surface area (Å²) in [6.45, 7) is 1.97. The molecule has 0 amide bonds. The van der Waals surface area contributed by atoms with Crippen molar-refractivity contribution in [1.82, 2.24) is 0 Å². The van der Waals surface area contributed by atoms with Gasteiger partial charge in [-0.25, -0.2) is 13.6 Å². The van der Waals surface area contributed by atoms with Crippen LogP contribution < -0.4 is 14.8 Å². The highest BCUT2D eigenvalue weighted by Crippen LogP contribution is 2.29. The fraction of sp³-hybridized carbons (Fsp3) is 0.235. The molecular formula is C17H17N3O3S. The molecule has 124 valence electrons. The highest BCUT2D eigenvalue weighted by molar-refractivity contribution is 7.89. The van der Waals surface area contributed by atoms with Crippen molar-refractivity contribution in [2.24, 2.45) is 5.14 Å². The monoisotopic (exact) mass is 343 g/mol. The van der Waals surface area contributed by atoms with E-state index in [4.69, 9.17) is 15.1 Å². The van der Waals surface area contributed by atoms with Crippen LogP contribution in [0.3, 0.4) is 0 Å². The molecule has 1 heterocycles. The van der Waals surface area contributed by atoms with Gasteiger partial charge in [-0.1, -0.05) is 6.07 Å². The third-order valence-electron chi connectivity index (χ3n) is 3.96. The van der Waals surface area contributed by atoms with Crippen molar-refractivity contribution in [3.63, 3.8) is 0 Å². The van der Waals surface area contributed by atoms with Crippen LogP contribution in [0.15, 0.2) is 47.4 Å². The largest absolute Gasteiger partial charge is 0.492 e. The maximum atomic E-state index is 11.4. The molecule has 0 bridgehead atoms. The summed E-state index contributed by atoms with van der Waals surface area (Å²) in [6, 6.07) is 14.1. The zero-order valence-electron chi connectivity index (χ0n) is 13.0. The van der Waals surface area contributed by atoms with Crippen LogP contribution in [-0.2, 0) is 16.4 Å². The molecule has 0 atom stereocenters. The number of fused-ring (bicyclic) bond motifs is 1. The van der Waals surface area contributed by atoms with Crippen molar-refractivity contribution in [3.05, 3.63) is 53.6 Å². The fourth-order valence-corrected chi connectivity index (χ4v) is 3.35. The lowest BCUT2D eigenvalue weighted by molar-refractivity contribution is 0.324. The molecule has 3 rings (SSSR count). The Morgan fingerprint density at radius 3 is 2.83 bits per heavy atom. The Labute approximate surface area is 141 Å². The molecule has 0 aliphatic carbocycles. The molecule has 0 aromatic heterocycles. The molecular weight excluding hydrogens is 326 g/mol. The number of anilines is 1. The minimum absolute atomic E-state index is 0.146. The van der Waals surface area contributed by atoms with Crippen molar-refractivity contribution in [3.8, 4) is 11.8 Å². The molecule has 0 saturated heterocycles. The van der Waals surface area contributed by atoms with E-state index in [1.54, 1.807) is 30.3 Å². The Morgan fingerprint density at radius 2 is 2.08 bits per heavy atom. The van der Waals surface area contributed by atoms with E-state index in [2.05, 4.69) is 11.0 Å². The lowest BCUT2D eigenvalue weighted by atomic mass is 10.2. The predicted octanol–water partition coefficient (Wildman–Crippen LogP) is 1.65. The van der Waals surface area contributed by atoms with Gasteiger partial charge in [0.05, 0.1) is 23.1 Å². The Kier molecular flexibility index (Phi) is 4.42. The van der Waals surface area contributed by atoms with Crippen LogP contribution in [-0.4, -0.2) is 28.1 Å². The number of nitrogens with zero attached hydrogens (tertiary/aromatic N) is 2. The van der Waals surface area contributed by atoms with Crippen LogP contribution in [0.5, 0.6) is 5.75 Å². The van der Waals surface area contributed by atoms with Crippen LogP contribution in [0, 0.1) is 11.3 Å². The maximum Gasteiger partial charge on any atom is 0.238 e. The number of hydrogen-bond donors (Lipinski definition) is 1. The number of rotatable bonds is 5. The molecule has 24 heavy (non-hydrogen) atoms. The first kappa shape index (κ1) is 16.3. The van der Waals surface area contributed by atoms with Crippen LogP contribution >= 0.6 is 0 Å². The normalized spacial score (nSPS) is 13.4. The molecule has 2 N–H and O–H groups in total. The zero-order valence-corrected chi connectivity index (χ0v) is 13.8. The van der Waals surface area contributed by atoms with E-state index >= 15 is 0 Å². The fourth-order valence-electron chi connectivity index (χ4n) is 2.78. The second-order valence-corrected chi connectivity index (χ2v) is 7.12. The second-order valence-electron chi connectivity index (χ2n) is 5.56. The van der Waals surface area contributed by atoms with E-state index in [0.717, 1.165) is 24.2 Å². The molecule has 6 nitrogen and oxygen atoms in total. The van der Waals surface area contributed by atoms with Gasteiger partial charge in [0.2, 0.25) is 10.0 Å². The average molecular weight is 343 g/mol. The predicted molar refractivity (Wildman–Crippen MR) is 90.4 cm³/mol. The summed E-state index contributed by atoms with van der Waals surface area (Å²) >= 11 is 0. The maximum absolute atomic E-state index is 11.4. The van der Waals surface area contributed by atoms with Crippen LogP contribution in [0.25, 0.3) is 0 Å². The summed E-state index contributed by atoms with van der Waals surface area (Å²) in [4.78, 5) is 2.30. The van der Waals surface area contributed by atoms with E-state index in [1.165, 1.54) is 6.07 Å². The Balaban J connectivity index is 1.64. The van der Waals surface area contributed by atoms with Crippen molar-refractivity contribution in [2.45, 2.75) is 11.3 Å². The van der Waals surface area contributed by atoms with Gasteiger partial charge in [-0.2, -0.15) is 5.26 Å². The van der Waals surface area contributed by atoms with Gasteiger partial charge in [0, 0.05) is 12.2 Å². The topological polar surface area (TPSA) is 96.4 Å². The second kappa shape index (κ2) is 6.51. The lowest BCUT2D eigenvalue weighted by Crippen LogP contribution is -2.26. The molecule has 1 aliphatic rings. The summed E-state index contributed by atoms with van der Waals surface area (Å²) in [7, 11) is -3.67. The number of hydrogen-bond acceptors (Lipinski definition) is 5. The summed E-state index contributed by atoms with van der Waals surface area (Å²) in [6.07, 6.45) is 0.780. The van der Waals surface area contributed by atoms with Gasteiger partial charge >= 0.3 is 0 Å². The molecule has 1 aliphatic heterocycles. The smallest absolute Gasteiger partial charge is 0.238 e. The molecule has 0 spiro atoms. The van der Waals surface area contributed by atoms with Gasteiger partial charge in [-0.05, 0) is 48.4 Å². The Hall–Kier alpha value is -2.56. The molecule has 2 aromatic carbocycles. The van der Waals surface area contributed by atoms with Crippen LogP contribution in [0.2, 0.25) is 0 Å². The minimum atomic E-state index is -3.67. The first-order valence-corrected chi connectivity index (χ1v) is 9.05. The van der Waals surface area contributed by atoms with Gasteiger partial charge in [0.15, 0.2) is 0 Å². The highest BCUT2D eigenvalue weighted by atomic mass is 32.2. The van der Waals surface area contributed by atoms with Gasteiger partial charge < -0.3 is 9.64 Å². The van der Waals surface area contributed by atoms with Gasteiger partial charge in [-0.15, -0.1) is 0 Å². The van der Waals surface area contributed by atoms with E-state index in [-0.39, 0.29) is 4.90 Å². The Bertz CT molecular complexity index is 904. The summed E-state index contributed by atoms with van der Waals surface area (Å²) in [5, 5.41) is 14.1. The van der Waals surface area contributed by atoms with Crippen LogP contribution in [0.4, 0.5) is 5.69 Å². The molecule has 2 aromatic rings. The third-order valence-corrected chi connectivity index (χ3v) is 4.88. The first-order chi connectivity index (χ1) is 11.5. The van der Waals surface area contributed by atoms with Crippen molar-refractivity contribution >= 4 is 15.7 Å². The summed E-state index contributed by atoms with van der Waals surface area (Å²) in [5.74, 6) is 0.665. The lowest BCUT2D eigenvalue weighted by Gasteiger charge is -2.19. The summed E-state index contributed by atoms with van der Waals surface area (Å²) in [5.41, 5.74) is 2.55. The van der Waals surface area contributed by atoms with Crippen molar-refractivity contribution < 1.29 is 13.2 Å². The number of nitrogens with two attached hydrogens (primary N) is 1. The third kappa shape index (κ3) is 3.50. The molecule has 0 fully saturated rings. The van der Waals surface area contributed by atoms with Crippen molar-refractivity contribution in [1.29, 1.82) is 5.26 Å². The van der Waals surface area contributed by atoms with Gasteiger partial charge in [0.25, 0.3) is 0 Å². The van der Waals surface area contributed by atoms with Gasteiger partial charge in [0.1, 0.15) is 12.4 Å². The standard InChI is InChI=1S/C17H17N3O3S/c18-12-13-2-1-3-15(10-13)23-9-8-20-7-6-14-11-16(24(19,21)22)4-5-17(14)20/h1-5,10-11H,6-9H2,(H2,19,21,22). The van der Waals surface area contributed by atoms with E-state index in [1.807, 2.05) is 6.07 Å².